The molecule has 4 nitrogen and oxygen atoms in total. The normalized spacial score (nSPS) is 17.2. The number of ether oxygens (including phenoxy) is 1. The maximum atomic E-state index is 12.8. The van der Waals surface area contributed by atoms with Crippen LogP contribution >= 0.6 is 23.2 Å². The first-order chi connectivity index (χ1) is 10.9. The molecule has 1 atom stereocenters. The minimum Gasteiger partial charge on any atom is -0.479 e. The van der Waals surface area contributed by atoms with Gasteiger partial charge in [-0.25, -0.2) is 14.9 Å². The molecule has 1 radical (unpaired) electrons. The first kappa shape index (κ1) is 21.3. The Morgan fingerprint density at radius 2 is 2.21 bits per heavy atom. The van der Waals surface area contributed by atoms with E-state index in [9.17, 15) is 13.6 Å². The molecular weight excluding hydrogens is 438 g/mol. The summed E-state index contributed by atoms with van der Waals surface area (Å²) in [6.07, 6.45) is 0.250. The van der Waals surface area contributed by atoms with Crippen LogP contribution < -0.4 is 4.74 Å². The van der Waals surface area contributed by atoms with Crippen LogP contribution in [0, 0.1) is 17.4 Å². The molecule has 1 aromatic carbocycles. The van der Waals surface area contributed by atoms with Gasteiger partial charge in [0.05, 0.1) is 6.54 Å². The standard InChI is InChI=1S/C15H11Cl2F2N2O2.Y/c16-11-3-4-13(21(15(11)22)8-14(18)19)10-2-1-9(7-12(10)17)23-6-5-20;/h1-2,7,11,14H,3,6,8H2;/q-1;. The van der Waals surface area contributed by atoms with Crippen molar-refractivity contribution in [3.05, 3.63) is 34.9 Å². The van der Waals surface area contributed by atoms with Crippen molar-refractivity contribution >= 4 is 34.8 Å². The number of alkyl halides is 3. The predicted molar refractivity (Wildman–Crippen MR) is 81.2 cm³/mol. The van der Waals surface area contributed by atoms with Crippen LogP contribution in [0.25, 0.3) is 5.70 Å². The minimum absolute atomic E-state index is 0. The Kier molecular flexibility index (Phi) is 8.59. The summed E-state index contributed by atoms with van der Waals surface area (Å²) in [5.74, 6) is -0.250. The molecule has 0 bridgehead atoms. The molecule has 24 heavy (non-hydrogen) atoms. The minimum atomic E-state index is -2.71. The number of allylic oxidation sites excluding steroid dienone is 1. The fourth-order valence-corrected chi connectivity index (χ4v) is 2.56. The van der Waals surface area contributed by atoms with Gasteiger partial charge in [0.2, 0.25) is 5.91 Å². The fourth-order valence-electron chi connectivity index (χ4n) is 2.10. The second-order valence-corrected chi connectivity index (χ2v) is 5.56. The van der Waals surface area contributed by atoms with Crippen LogP contribution in [0.4, 0.5) is 8.78 Å². The Bertz CT molecular complexity index is 680. The molecule has 1 heterocycles. The molecule has 1 unspecified atom stereocenters. The van der Waals surface area contributed by atoms with Crippen LogP contribution in [-0.4, -0.2) is 35.8 Å². The van der Waals surface area contributed by atoms with Crippen molar-refractivity contribution in [2.24, 2.45) is 0 Å². The third kappa shape index (κ3) is 5.13. The van der Waals surface area contributed by atoms with E-state index in [1.165, 1.54) is 18.2 Å². The van der Waals surface area contributed by atoms with E-state index in [0.29, 0.717) is 11.3 Å². The summed E-state index contributed by atoms with van der Waals surface area (Å²) < 4.78 is 30.6. The van der Waals surface area contributed by atoms with Gasteiger partial charge in [-0.2, -0.15) is 5.26 Å². The van der Waals surface area contributed by atoms with Crippen LogP contribution in [-0.2, 0) is 37.5 Å². The van der Waals surface area contributed by atoms with Crippen molar-refractivity contribution in [3.63, 3.8) is 0 Å². The van der Waals surface area contributed by atoms with Gasteiger partial charge in [-0.3, -0.25) is 4.79 Å². The summed E-state index contributed by atoms with van der Waals surface area (Å²) in [7, 11) is 0. The summed E-state index contributed by atoms with van der Waals surface area (Å²) in [5.41, 5.74) is 0.539. The zero-order valence-electron chi connectivity index (χ0n) is 12.3. The molecule has 0 N–H and O–H groups in total. The molecule has 1 aromatic rings. The first-order valence-electron chi connectivity index (χ1n) is 6.58. The quantitative estimate of drug-likeness (QED) is 0.511. The fraction of sp³-hybridized carbons (Fsp3) is 0.333. The number of benzene rings is 1. The largest absolute Gasteiger partial charge is 0.479 e. The number of amides is 1. The number of hydrogen-bond donors (Lipinski definition) is 0. The second kappa shape index (κ2) is 9.67. The molecule has 9 heteroatoms. The van der Waals surface area contributed by atoms with Crippen molar-refractivity contribution in [2.75, 3.05) is 13.2 Å². The van der Waals surface area contributed by atoms with Crippen molar-refractivity contribution in [1.82, 2.24) is 4.90 Å². The number of nitrogens with zero attached hydrogens (tertiary/aromatic N) is 2. The van der Waals surface area contributed by atoms with E-state index in [2.05, 4.69) is 6.08 Å². The molecule has 0 aromatic heterocycles. The molecule has 1 aliphatic rings. The van der Waals surface area contributed by atoms with E-state index in [4.69, 9.17) is 33.2 Å². The first-order valence-corrected chi connectivity index (χ1v) is 7.39. The summed E-state index contributed by atoms with van der Waals surface area (Å²) in [6, 6.07) is 6.32. The Labute approximate surface area is 173 Å². The zero-order valence-corrected chi connectivity index (χ0v) is 16.7. The van der Waals surface area contributed by atoms with Crippen molar-refractivity contribution in [1.29, 1.82) is 5.26 Å². The second-order valence-electron chi connectivity index (χ2n) is 4.63. The average Bonchev–Trinajstić information content (AvgIpc) is 2.50. The van der Waals surface area contributed by atoms with Crippen molar-refractivity contribution < 1.29 is 51.0 Å². The SMILES string of the molecule is N#CCOc1ccc(C2=[C-]CC(Cl)C(=O)N2CC(F)F)c(Cl)c1.[Y]. The molecule has 0 aliphatic carbocycles. The number of rotatable bonds is 5. The van der Waals surface area contributed by atoms with Gasteiger partial charge in [0.25, 0.3) is 6.43 Å². The molecule has 0 saturated carbocycles. The van der Waals surface area contributed by atoms with Gasteiger partial charge < -0.3 is 9.64 Å². The van der Waals surface area contributed by atoms with Gasteiger partial charge >= 0.3 is 0 Å². The molecule has 1 aliphatic heterocycles. The zero-order chi connectivity index (χ0) is 17.0. The summed E-state index contributed by atoms with van der Waals surface area (Å²) in [5, 5.41) is 7.75. The number of halogens is 4. The maximum Gasteiger partial charge on any atom is 0.256 e. The van der Waals surface area contributed by atoms with Crippen LogP contribution in [0.5, 0.6) is 5.75 Å². The maximum absolute atomic E-state index is 12.8. The number of nitriles is 1. The van der Waals surface area contributed by atoms with Crippen molar-refractivity contribution in [2.45, 2.75) is 18.2 Å². The van der Waals surface area contributed by atoms with E-state index in [0.717, 1.165) is 4.90 Å². The number of hydrogen-bond acceptors (Lipinski definition) is 3. The molecule has 1 amide bonds. The molecule has 2 rings (SSSR count). The summed E-state index contributed by atoms with van der Waals surface area (Å²) >= 11 is 12.0. The summed E-state index contributed by atoms with van der Waals surface area (Å²) in [4.78, 5) is 13.0. The van der Waals surface area contributed by atoms with Gasteiger partial charge in [0.15, 0.2) is 6.61 Å². The number of carbonyl (C=O) groups excluding carboxylic acids is 1. The van der Waals surface area contributed by atoms with Crippen molar-refractivity contribution in [3.8, 4) is 11.8 Å². The van der Waals surface area contributed by atoms with Crippen LogP contribution in [0.3, 0.4) is 0 Å². The van der Waals surface area contributed by atoms with Crippen LogP contribution in [0.2, 0.25) is 5.02 Å². The molecule has 0 spiro atoms. The molecule has 0 saturated heterocycles. The molecular formula is C15H11Cl2F2N2O2Y-. The molecule has 0 fully saturated rings. The van der Waals surface area contributed by atoms with E-state index in [1.807, 2.05) is 6.07 Å². The van der Waals surface area contributed by atoms with Gasteiger partial charge in [0.1, 0.15) is 17.2 Å². The topological polar surface area (TPSA) is 53.3 Å². The van der Waals surface area contributed by atoms with Gasteiger partial charge in [-0.05, 0) is 17.2 Å². The third-order valence-corrected chi connectivity index (χ3v) is 3.73. The number of carbonyl (C=O) groups is 1. The molecule has 125 valence electrons. The monoisotopic (exact) mass is 448 g/mol. The Balaban J connectivity index is 0.00000288. The Morgan fingerprint density at radius 1 is 1.50 bits per heavy atom. The smallest absolute Gasteiger partial charge is 0.256 e. The predicted octanol–water partition coefficient (Wildman–Crippen LogP) is 3.49. The average molecular weight is 449 g/mol. The van der Waals surface area contributed by atoms with Crippen LogP contribution in [0.15, 0.2) is 18.2 Å². The Hall–Kier alpha value is -0.736. The van der Waals surface area contributed by atoms with Gasteiger partial charge in [-0.1, -0.05) is 6.42 Å². The van der Waals surface area contributed by atoms with E-state index in [-0.39, 0.29) is 56.5 Å². The van der Waals surface area contributed by atoms with E-state index < -0.39 is 24.3 Å². The summed E-state index contributed by atoms with van der Waals surface area (Å²) in [6.45, 7) is -0.929. The Morgan fingerprint density at radius 3 is 2.79 bits per heavy atom. The van der Waals surface area contributed by atoms with Gasteiger partial charge in [-0.15, -0.1) is 40.5 Å². The van der Waals surface area contributed by atoms with E-state index >= 15 is 0 Å². The third-order valence-electron chi connectivity index (χ3n) is 3.07. The van der Waals surface area contributed by atoms with Crippen LogP contribution in [0.1, 0.15) is 12.0 Å². The van der Waals surface area contributed by atoms with Gasteiger partial charge in [0, 0.05) is 32.7 Å². The van der Waals surface area contributed by atoms with E-state index in [1.54, 1.807) is 0 Å².